The highest BCUT2D eigenvalue weighted by molar-refractivity contribution is 5.49. The van der Waals surface area contributed by atoms with Crippen molar-refractivity contribution in [3.05, 3.63) is 47.5 Å². The summed E-state index contributed by atoms with van der Waals surface area (Å²) in [7, 11) is 0. The fraction of sp³-hybridized carbons (Fsp3) is 0.474. The van der Waals surface area contributed by atoms with Gasteiger partial charge in [-0.15, -0.1) is 0 Å². The van der Waals surface area contributed by atoms with Crippen LogP contribution in [0.1, 0.15) is 61.1 Å². The fourth-order valence-electron chi connectivity index (χ4n) is 3.58. The minimum absolute atomic E-state index is 0.324. The van der Waals surface area contributed by atoms with Crippen LogP contribution in [0.25, 0.3) is 0 Å². The number of oxazole rings is 1. The van der Waals surface area contributed by atoms with Gasteiger partial charge in [0.15, 0.2) is 0 Å². The van der Waals surface area contributed by atoms with Crippen molar-refractivity contribution in [2.75, 3.05) is 18.0 Å². The van der Waals surface area contributed by atoms with Crippen molar-refractivity contribution in [2.24, 2.45) is 0 Å². The molecule has 0 unspecified atom stereocenters. The number of benzene rings is 1. The SMILES string of the molecule is N#Cc1nc([C@@H]2C[C@H]2c2ccccc2)oc1N1CCCCCC1. The van der Waals surface area contributed by atoms with Gasteiger partial charge < -0.3 is 9.32 Å². The van der Waals surface area contributed by atoms with Crippen molar-refractivity contribution in [3.8, 4) is 6.07 Å². The predicted octanol–water partition coefficient (Wildman–Crippen LogP) is 4.20. The summed E-state index contributed by atoms with van der Waals surface area (Å²) in [6.45, 7) is 1.94. The molecule has 4 nitrogen and oxygen atoms in total. The molecule has 1 aliphatic carbocycles. The van der Waals surface area contributed by atoms with Crippen molar-refractivity contribution in [2.45, 2.75) is 43.9 Å². The highest BCUT2D eigenvalue weighted by atomic mass is 16.4. The Balaban J connectivity index is 1.56. The van der Waals surface area contributed by atoms with Gasteiger partial charge in [0.1, 0.15) is 6.07 Å². The Kier molecular flexibility index (Phi) is 3.78. The van der Waals surface area contributed by atoms with E-state index in [0.29, 0.717) is 23.4 Å². The van der Waals surface area contributed by atoms with E-state index in [1.165, 1.54) is 18.4 Å². The van der Waals surface area contributed by atoms with Crippen LogP contribution in [0.4, 0.5) is 5.88 Å². The average molecular weight is 307 g/mol. The normalized spacial score (nSPS) is 24.0. The monoisotopic (exact) mass is 307 g/mol. The maximum absolute atomic E-state index is 9.42. The Morgan fingerprint density at radius 2 is 1.78 bits per heavy atom. The molecular weight excluding hydrogens is 286 g/mol. The van der Waals surface area contributed by atoms with Crippen molar-refractivity contribution in [1.82, 2.24) is 4.98 Å². The van der Waals surface area contributed by atoms with Gasteiger partial charge in [0, 0.05) is 19.0 Å². The van der Waals surface area contributed by atoms with E-state index in [2.05, 4.69) is 40.2 Å². The van der Waals surface area contributed by atoms with Gasteiger partial charge in [0.05, 0.1) is 0 Å². The molecular formula is C19H21N3O. The lowest BCUT2D eigenvalue weighted by Crippen LogP contribution is -2.24. The number of nitriles is 1. The largest absolute Gasteiger partial charge is 0.423 e. The molecule has 0 radical (unpaired) electrons. The molecule has 4 heteroatoms. The molecule has 0 N–H and O–H groups in total. The first kappa shape index (κ1) is 14.3. The molecule has 23 heavy (non-hydrogen) atoms. The zero-order valence-electron chi connectivity index (χ0n) is 13.2. The molecule has 4 rings (SSSR count). The van der Waals surface area contributed by atoms with Crippen LogP contribution in [-0.2, 0) is 0 Å². The number of aromatic nitrogens is 1. The van der Waals surface area contributed by atoms with Crippen LogP contribution < -0.4 is 4.90 Å². The highest BCUT2D eigenvalue weighted by Gasteiger charge is 2.44. The Labute approximate surface area is 136 Å². The van der Waals surface area contributed by atoms with Gasteiger partial charge in [-0.3, -0.25) is 0 Å². The van der Waals surface area contributed by atoms with Crippen LogP contribution in [0.2, 0.25) is 0 Å². The smallest absolute Gasteiger partial charge is 0.234 e. The molecule has 1 aromatic heterocycles. The van der Waals surface area contributed by atoms with E-state index in [9.17, 15) is 5.26 Å². The topological polar surface area (TPSA) is 53.1 Å². The van der Waals surface area contributed by atoms with Crippen molar-refractivity contribution in [1.29, 1.82) is 5.26 Å². The van der Waals surface area contributed by atoms with Gasteiger partial charge >= 0.3 is 0 Å². The van der Waals surface area contributed by atoms with Gasteiger partial charge in [-0.2, -0.15) is 5.26 Å². The van der Waals surface area contributed by atoms with E-state index >= 15 is 0 Å². The average Bonchev–Trinajstić information content (AvgIpc) is 3.35. The molecule has 0 bridgehead atoms. The third-order valence-corrected chi connectivity index (χ3v) is 4.96. The third-order valence-electron chi connectivity index (χ3n) is 4.96. The quantitative estimate of drug-likeness (QED) is 0.853. The molecule has 2 atom stereocenters. The summed E-state index contributed by atoms with van der Waals surface area (Å²) in [4.78, 5) is 6.71. The molecule has 2 aromatic rings. The molecule has 1 aliphatic heterocycles. The Morgan fingerprint density at radius 3 is 2.48 bits per heavy atom. The summed E-state index contributed by atoms with van der Waals surface area (Å²) < 4.78 is 6.07. The van der Waals surface area contributed by atoms with Crippen LogP contribution in [-0.4, -0.2) is 18.1 Å². The first-order valence-corrected chi connectivity index (χ1v) is 8.57. The van der Waals surface area contributed by atoms with E-state index in [4.69, 9.17) is 4.42 Å². The Morgan fingerprint density at radius 1 is 1.04 bits per heavy atom. The fourth-order valence-corrected chi connectivity index (χ4v) is 3.58. The second kappa shape index (κ2) is 6.08. The maximum atomic E-state index is 9.42. The van der Waals surface area contributed by atoms with Crippen LogP contribution in [0.5, 0.6) is 0 Å². The summed E-state index contributed by atoms with van der Waals surface area (Å²) in [6.07, 6.45) is 5.92. The molecule has 1 saturated carbocycles. The second-order valence-electron chi connectivity index (χ2n) is 6.58. The van der Waals surface area contributed by atoms with E-state index in [1.54, 1.807) is 0 Å². The first-order chi connectivity index (χ1) is 11.4. The second-order valence-corrected chi connectivity index (χ2v) is 6.58. The number of hydrogen-bond acceptors (Lipinski definition) is 4. The Bertz CT molecular complexity index is 708. The van der Waals surface area contributed by atoms with E-state index < -0.39 is 0 Å². The standard InChI is InChI=1S/C19H21N3O/c20-13-17-19(22-10-6-1-2-7-11-22)23-18(21-17)16-12-15(16)14-8-4-3-5-9-14/h3-5,8-9,15-16H,1-2,6-7,10-12H2/t15-,16+/m0/s1. The predicted molar refractivity (Wildman–Crippen MR) is 88.4 cm³/mol. The summed E-state index contributed by atoms with van der Waals surface area (Å²) in [5, 5.41) is 9.42. The molecule has 118 valence electrons. The van der Waals surface area contributed by atoms with Crippen LogP contribution >= 0.6 is 0 Å². The van der Waals surface area contributed by atoms with E-state index in [0.717, 1.165) is 38.2 Å². The Hall–Kier alpha value is -2.28. The van der Waals surface area contributed by atoms with Crippen molar-refractivity contribution >= 4 is 5.88 Å². The summed E-state index contributed by atoms with van der Waals surface area (Å²) in [6, 6.07) is 12.7. The molecule has 0 amide bonds. The van der Waals surface area contributed by atoms with Crippen molar-refractivity contribution in [3.63, 3.8) is 0 Å². The van der Waals surface area contributed by atoms with E-state index in [-0.39, 0.29) is 0 Å². The molecule has 0 spiro atoms. The number of anilines is 1. The zero-order valence-corrected chi connectivity index (χ0v) is 13.2. The molecule has 1 saturated heterocycles. The van der Waals surface area contributed by atoms with E-state index in [1.807, 2.05) is 6.07 Å². The minimum atomic E-state index is 0.324. The van der Waals surface area contributed by atoms with Crippen LogP contribution in [0.3, 0.4) is 0 Å². The molecule has 2 heterocycles. The lowest BCUT2D eigenvalue weighted by atomic mass is 10.1. The summed E-state index contributed by atoms with van der Waals surface area (Å²) in [5.74, 6) is 2.25. The van der Waals surface area contributed by atoms with Gasteiger partial charge in [0.25, 0.3) is 0 Å². The summed E-state index contributed by atoms with van der Waals surface area (Å²) >= 11 is 0. The number of rotatable bonds is 3. The first-order valence-electron chi connectivity index (χ1n) is 8.57. The maximum Gasteiger partial charge on any atom is 0.234 e. The number of hydrogen-bond donors (Lipinski definition) is 0. The van der Waals surface area contributed by atoms with Crippen molar-refractivity contribution < 1.29 is 4.42 Å². The van der Waals surface area contributed by atoms with Gasteiger partial charge in [-0.25, -0.2) is 4.98 Å². The van der Waals surface area contributed by atoms with Crippen LogP contribution in [0.15, 0.2) is 34.7 Å². The lowest BCUT2D eigenvalue weighted by molar-refractivity contribution is 0.484. The molecule has 2 aliphatic rings. The van der Waals surface area contributed by atoms with Gasteiger partial charge in [-0.05, 0) is 30.7 Å². The third kappa shape index (κ3) is 2.84. The minimum Gasteiger partial charge on any atom is -0.423 e. The summed E-state index contributed by atoms with van der Waals surface area (Å²) in [5.41, 5.74) is 1.80. The van der Waals surface area contributed by atoms with Gasteiger partial charge in [0.2, 0.25) is 17.5 Å². The zero-order chi connectivity index (χ0) is 15.6. The highest BCUT2D eigenvalue weighted by Crippen LogP contribution is 2.54. The molecule has 1 aromatic carbocycles. The lowest BCUT2D eigenvalue weighted by Gasteiger charge is -2.18. The van der Waals surface area contributed by atoms with Crippen LogP contribution in [0, 0.1) is 11.3 Å². The van der Waals surface area contributed by atoms with Gasteiger partial charge in [-0.1, -0.05) is 43.2 Å². The molecule has 2 fully saturated rings. The number of nitrogens with zero attached hydrogens (tertiary/aromatic N) is 3.